The van der Waals surface area contributed by atoms with Gasteiger partial charge in [0.1, 0.15) is 0 Å². The van der Waals surface area contributed by atoms with Gasteiger partial charge >= 0.3 is 0 Å². The second-order valence-corrected chi connectivity index (χ2v) is 4.48. The van der Waals surface area contributed by atoms with Crippen molar-refractivity contribution in [2.45, 2.75) is 32.8 Å². The van der Waals surface area contributed by atoms with Gasteiger partial charge in [0, 0.05) is 6.61 Å². The molecule has 1 aromatic carbocycles. The third-order valence-electron chi connectivity index (χ3n) is 2.66. The molecule has 0 radical (unpaired) electrons. The van der Waals surface area contributed by atoms with E-state index in [0.29, 0.717) is 6.61 Å². The summed E-state index contributed by atoms with van der Waals surface area (Å²) in [5.74, 6) is 0.272. The maximum atomic E-state index is 9.52. The van der Waals surface area contributed by atoms with Crippen LogP contribution in [-0.2, 0) is 11.2 Å². The Morgan fingerprint density at radius 1 is 1.19 bits per heavy atom. The number of hydrogen-bond acceptors (Lipinski definition) is 2. The Morgan fingerprint density at radius 3 is 2.50 bits per heavy atom. The Balaban J connectivity index is 2.04. The van der Waals surface area contributed by atoms with E-state index in [4.69, 9.17) is 4.74 Å². The molecule has 1 aromatic rings. The van der Waals surface area contributed by atoms with Crippen LogP contribution >= 0.6 is 0 Å². The van der Waals surface area contributed by atoms with Gasteiger partial charge in [-0.25, -0.2) is 0 Å². The number of benzene rings is 1. The quantitative estimate of drug-likeness (QED) is 0.719. The van der Waals surface area contributed by atoms with Crippen molar-refractivity contribution in [2.75, 3.05) is 13.2 Å². The van der Waals surface area contributed by atoms with Crippen molar-refractivity contribution in [2.24, 2.45) is 5.92 Å². The molecule has 2 nitrogen and oxygen atoms in total. The molecule has 0 saturated heterocycles. The van der Waals surface area contributed by atoms with Crippen molar-refractivity contribution < 1.29 is 9.84 Å². The first-order valence-electron chi connectivity index (χ1n) is 6.00. The molecule has 1 rings (SSSR count). The third kappa shape index (κ3) is 5.29. The summed E-state index contributed by atoms with van der Waals surface area (Å²) in [5, 5.41) is 9.52. The maximum Gasteiger partial charge on any atom is 0.0796 e. The maximum absolute atomic E-state index is 9.52. The Morgan fingerprint density at radius 2 is 1.88 bits per heavy atom. The van der Waals surface area contributed by atoms with Gasteiger partial charge < -0.3 is 9.84 Å². The van der Waals surface area contributed by atoms with E-state index in [0.717, 1.165) is 19.4 Å². The van der Waals surface area contributed by atoms with E-state index in [1.807, 2.05) is 19.9 Å². The summed E-state index contributed by atoms with van der Waals surface area (Å²) in [7, 11) is 0. The van der Waals surface area contributed by atoms with Gasteiger partial charge in [0.2, 0.25) is 0 Å². The van der Waals surface area contributed by atoms with Crippen LogP contribution < -0.4 is 0 Å². The minimum absolute atomic E-state index is 0.272. The fraction of sp³-hybridized carbons (Fsp3) is 0.571. The summed E-state index contributed by atoms with van der Waals surface area (Å²) in [5.41, 5.74) is 1.34. The smallest absolute Gasteiger partial charge is 0.0796 e. The Kier molecular flexibility index (Phi) is 6.12. The minimum atomic E-state index is -0.336. The molecule has 0 spiro atoms. The van der Waals surface area contributed by atoms with Crippen LogP contribution in [0.2, 0.25) is 0 Å². The number of ether oxygens (including phenoxy) is 1. The monoisotopic (exact) mass is 222 g/mol. The van der Waals surface area contributed by atoms with Gasteiger partial charge in [-0.1, -0.05) is 44.2 Å². The third-order valence-corrected chi connectivity index (χ3v) is 2.66. The van der Waals surface area contributed by atoms with E-state index in [2.05, 4.69) is 24.3 Å². The van der Waals surface area contributed by atoms with Crippen LogP contribution in [0.15, 0.2) is 30.3 Å². The van der Waals surface area contributed by atoms with Crippen molar-refractivity contribution in [3.63, 3.8) is 0 Å². The number of hydrogen-bond donors (Lipinski definition) is 1. The molecule has 2 heteroatoms. The average molecular weight is 222 g/mol. The fourth-order valence-electron chi connectivity index (χ4n) is 1.42. The molecule has 0 aromatic heterocycles. The number of rotatable bonds is 7. The standard InChI is InChI=1S/C14H22O2/c1-12(2)14(15)11-16-10-6-9-13-7-4-3-5-8-13/h3-5,7-8,12,14-15H,6,9-11H2,1-2H3. The molecule has 1 atom stereocenters. The average Bonchev–Trinajstić information content (AvgIpc) is 2.29. The molecule has 1 N–H and O–H groups in total. The Hall–Kier alpha value is -0.860. The fourth-order valence-corrected chi connectivity index (χ4v) is 1.42. The molecule has 16 heavy (non-hydrogen) atoms. The molecule has 1 unspecified atom stereocenters. The molecule has 0 aliphatic rings. The lowest BCUT2D eigenvalue weighted by atomic mass is 10.1. The van der Waals surface area contributed by atoms with Gasteiger partial charge in [-0.3, -0.25) is 0 Å². The van der Waals surface area contributed by atoms with Gasteiger partial charge in [-0.15, -0.1) is 0 Å². The highest BCUT2D eigenvalue weighted by molar-refractivity contribution is 5.14. The van der Waals surface area contributed by atoms with E-state index in [-0.39, 0.29) is 12.0 Å². The first-order valence-corrected chi connectivity index (χ1v) is 6.00. The predicted molar refractivity (Wildman–Crippen MR) is 66.4 cm³/mol. The minimum Gasteiger partial charge on any atom is -0.390 e. The Labute approximate surface area is 98.3 Å². The summed E-state index contributed by atoms with van der Waals surface area (Å²) in [6, 6.07) is 10.4. The van der Waals surface area contributed by atoms with Gasteiger partial charge in [0.05, 0.1) is 12.7 Å². The molecule has 0 aliphatic carbocycles. The molecular weight excluding hydrogens is 200 g/mol. The van der Waals surface area contributed by atoms with Crippen LogP contribution in [0.1, 0.15) is 25.8 Å². The van der Waals surface area contributed by atoms with Gasteiger partial charge in [0.15, 0.2) is 0 Å². The van der Waals surface area contributed by atoms with E-state index in [1.165, 1.54) is 5.56 Å². The van der Waals surface area contributed by atoms with Gasteiger partial charge in [-0.2, -0.15) is 0 Å². The highest BCUT2D eigenvalue weighted by atomic mass is 16.5. The van der Waals surface area contributed by atoms with Crippen molar-refractivity contribution in [3.05, 3.63) is 35.9 Å². The first kappa shape index (κ1) is 13.2. The highest BCUT2D eigenvalue weighted by Gasteiger charge is 2.08. The van der Waals surface area contributed by atoms with Crippen LogP contribution in [-0.4, -0.2) is 24.4 Å². The summed E-state index contributed by atoms with van der Waals surface area (Å²) >= 11 is 0. The lowest BCUT2D eigenvalue weighted by Crippen LogP contribution is -2.21. The van der Waals surface area contributed by atoms with Gasteiger partial charge in [0.25, 0.3) is 0 Å². The van der Waals surface area contributed by atoms with E-state index < -0.39 is 0 Å². The molecule has 0 saturated carbocycles. The zero-order valence-electron chi connectivity index (χ0n) is 10.2. The molecule has 0 heterocycles. The molecule has 0 amide bonds. The van der Waals surface area contributed by atoms with Crippen molar-refractivity contribution in [1.29, 1.82) is 0 Å². The second-order valence-electron chi connectivity index (χ2n) is 4.48. The summed E-state index contributed by atoms with van der Waals surface area (Å²) in [4.78, 5) is 0. The molecular formula is C14H22O2. The number of aliphatic hydroxyl groups excluding tert-OH is 1. The molecule has 90 valence electrons. The normalized spacial score (nSPS) is 13.0. The summed E-state index contributed by atoms with van der Waals surface area (Å²) in [6.07, 6.45) is 1.71. The van der Waals surface area contributed by atoms with Crippen LogP contribution in [0.25, 0.3) is 0 Å². The van der Waals surface area contributed by atoms with E-state index in [9.17, 15) is 5.11 Å². The highest BCUT2D eigenvalue weighted by Crippen LogP contribution is 2.04. The second kappa shape index (κ2) is 7.42. The van der Waals surface area contributed by atoms with Crippen LogP contribution in [0.4, 0.5) is 0 Å². The predicted octanol–water partition coefficient (Wildman–Crippen LogP) is 2.65. The number of aliphatic hydroxyl groups is 1. The largest absolute Gasteiger partial charge is 0.390 e. The zero-order chi connectivity index (χ0) is 11.8. The van der Waals surface area contributed by atoms with Crippen LogP contribution in [0.3, 0.4) is 0 Å². The lowest BCUT2D eigenvalue weighted by molar-refractivity contribution is 0.0125. The van der Waals surface area contributed by atoms with Crippen molar-refractivity contribution in [3.8, 4) is 0 Å². The van der Waals surface area contributed by atoms with E-state index >= 15 is 0 Å². The molecule has 0 fully saturated rings. The SMILES string of the molecule is CC(C)C(O)COCCCc1ccccc1. The zero-order valence-corrected chi connectivity index (χ0v) is 10.2. The number of aryl methyl sites for hydroxylation is 1. The lowest BCUT2D eigenvalue weighted by Gasteiger charge is -2.14. The molecule has 0 bridgehead atoms. The summed E-state index contributed by atoms with van der Waals surface area (Å²) in [6.45, 7) is 5.17. The topological polar surface area (TPSA) is 29.5 Å². The van der Waals surface area contributed by atoms with Crippen LogP contribution in [0.5, 0.6) is 0 Å². The first-order chi connectivity index (χ1) is 7.70. The molecule has 0 aliphatic heterocycles. The van der Waals surface area contributed by atoms with Gasteiger partial charge in [-0.05, 0) is 24.3 Å². The van der Waals surface area contributed by atoms with Crippen molar-refractivity contribution in [1.82, 2.24) is 0 Å². The van der Waals surface area contributed by atoms with Crippen molar-refractivity contribution >= 4 is 0 Å². The summed E-state index contributed by atoms with van der Waals surface area (Å²) < 4.78 is 5.43. The Bertz CT molecular complexity index is 269. The van der Waals surface area contributed by atoms with Crippen LogP contribution in [0, 0.1) is 5.92 Å². The van der Waals surface area contributed by atoms with E-state index in [1.54, 1.807) is 0 Å².